The van der Waals surface area contributed by atoms with E-state index in [9.17, 15) is 9.18 Å². The Kier molecular flexibility index (Phi) is 4.35. The van der Waals surface area contributed by atoms with Crippen LogP contribution < -0.4 is 9.47 Å². The summed E-state index contributed by atoms with van der Waals surface area (Å²) in [5, 5.41) is 0. The number of hydrogen-bond donors (Lipinski definition) is 0. The average molecular weight is 274 g/mol. The van der Waals surface area contributed by atoms with E-state index in [1.165, 1.54) is 13.2 Å². The average Bonchev–Trinajstić information content (AvgIpc) is 2.46. The maximum absolute atomic E-state index is 13.6. The number of carbonyl (C=O) groups excluding carboxylic acids is 1. The first-order valence-corrected chi connectivity index (χ1v) is 6.15. The normalized spacial score (nSPS) is 10.2. The maximum atomic E-state index is 13.6. The number of ether oxygens (including phenoxy) is 2. The van der Waals surface area contributed by atoms with Crippen LogP contribution in [-0.4, -0.2) is 13.4 Å². The maximum Gasteiger partial charge on any atom is 0.165 e. The Morgan fingerprint density at radius 3 is 2.70 bits per heavy atom. The zero-order valence-electron chi connectivity index (χ0n) is 11.4. The van der Waals surface area contributed by atoms with Crippen molar-refractivity contribution in [1.29, 1.82) is 0 Å². The van der Waals surface area contributed by atoms with E-state index in [4.69, 9.17) is 9.47 Å². The van der Waals surface area contributed by atoms with E-state index < -0.39 is 5.82 Å². The standard InChI is InChI=1S/C16H15FO3/c1-11-4-3-5-13(9-18)16(11)20-10-12-6-7-15(19-2)14(17)8-12/h3-9H,10H2,1-2H3. The zero-order valence-corrected chi connectivity index (χ0v) is 11.4. The minimum Gasteiger partial charge on any atom is -0.494 e. The zero-order chi connectivity index (χ0) is 14.5. The van der Waals surface area contributed by atoms with E-state index in [1.54, 1.807) is 24.3 Å². The lowest BCUT2D eigenvalue weighted by Crippen LogP contribution is -2.01. The second kappa shape index (κ2) is 6.19. The highest BCUT2D eigenvalue weighted by molar-refractivity contribution is 5.80. The largest absolute Gasteiger partial charge is 0.494 e. The molecule has 0 atom stereocenters. The van der Waals surface area contributed by atoms with Crippen molar-refractivity contribution in [2.24, 2.45) is 0 Å². The van der Waals surface area contributed by atoms with E-state index in [-0.39, 0.29) is 12.4 Å². The topological polar surface area (TPSA) is 35.5 Å². The Labute approximate surface area is 117 Å². The van der Waals surface area contributed by atoms with Crippen LogP contribution in [0.2, 0.25) is 0 Å². The summed E-state index contributed by atoms with van der Waals surface area (Å²) in [4.78, 5) is 11.0. The molecule has 0 aliphatic heterocycles. The van der Waals surface area contributed by atoms with Crippen molar-refractivity contribution in [3.05, 3.63) is 58.9 Å². The van der Waals surface area contributed by atoms with Gasteiger partial charge in [-0.3, -0.25) is 4.79 Å². The lowest BCUT2D eigenvalue weighted by atomic mass is 10.1. The lowest BCUT2D eigenvalue weighted by Gasteiger charge is -2.12. The van der Waals surface area contributed by atoms with Crippen LogP contribution in [0.15, 0.2) is 36.4 Å². The molecule has 0 fully saturated rings. The molecule has 0 N–H and O–H groups in total. The third-order valence-electron chi connectivity index (χ3n) is 2.97. The van der Waals surface area contributed by atoms with Gasteiger partial charge in [-0.05, 0) is 36.2 Å². The summed E-state index contributed by atoms with van der Waals surface area (Å²) in [5.41, 5.74) is 2.02. The third kappa shape index (κ3) is 2.96. The molecule has 0 saturated carbocycles. The molecule has 0 aliphatic rings. The van der Waals surface area contributed by atoms with Crippen molar-refractivity contribution in [1.82, 2.24) is 0 Å². The molecule has 4 heteroatoms. The molecule has 0 bridgehead atoms. The molecule has 0 amide bonds. The van der Waals surface area contributed by atoms with E-state index in [2.05, 4.69) is 0 Å². The van der Waals surface area contributed by atoms with Crippen molar-refractivity contribution >= 4 is 6.29 Å². The van der Waals surface area contributed by atoms with Gasteiger partial charge in [0.15, 0.2) is 17.9 Å². The van der Waals surface area contributed by atoms with Gasteiger partial charge in [-0.25, -0.2) is 4.39 Å². The van der Waals surface area contributed by atoms with Crippen molar-refractivity contribution in [3.63, 3.8) is 0 Å². The van der Waals surface area contributed by atoms with Gasteiger partial charge in [0, 0.05) is 0 Å². The number of halogens is 1. The monoisotopic (exact) mass is 274 g/mol. The summed E-state index contributed by atoms with van der Waals surface area (Å²) in [5.74, 6) is 0.283. The number of methoxy groups -OCH3 is 1. The fraction of sp³-hybridized carbons (Fsp3) is 0.188. The van der Waals surface area contributed by atoms with Crippen LogP contribution in [0, 0.1) is 12.7 Å². The van der Waals surface area contributed by atoms with Gasteiger partial charge in [-0.2, -0.15) is 0 Å². The predicted molar refractivity (Wildman–Crippen MR) is 73.9 cm³/mol. The number of para-hydroxylation sites is 1. The van der Waals surface area contributed by atoms with Crippen LogP contribution in [0.25, 0.3) is 0 Å². The summed E-state index contributed by atoms with van der Waals surface area (Å²) in [6.07, 6.45) is 0.747. The molecule has 0 spiro atoms. The van der Waals surface area contributed by atoms with Gasteiger partial charge in [0.25, 0.3) is 0 Å². The number of carbonyl (C=O) groups is 1. The first-order valence-electron chi connectivity index (χ1n) is 6.15. The molecule has 3 nitrogen and oxygen atoms in total. The molecular formula is C16H15FO3. The Morgan fingerprint density at radius 1 is 1.25 bits per heavy atom. The molecule has 0 radical (unpaired) electrons. The molecule has 104 valence electrons. The van der Waals surface area contributed by atoms with E-state index in [0.717, 1.165) is 11.8 Å². The van der Waals surface area contributed by atoms with Crippen LogP contribution in [0.4, 0.5) is 4.39 Å². The smallest absolute Gasteiger partial charge is 0.165 e. The molecule has 0 saturated heterocycles. The van der Waals surface area contributed by atoms with Crippen molar-refractivity contribution < 1.29 is 18.7 Å². The molecule has 20 heavy (non-hydrogen) atoms. The highest BCUT2D eigenvalue weighted by Gasteiger charge is 2.08. The van der Waals surface area contributed by atoms with E-state index in [1.807, 2.05) is 13.0 Å². The summed E-state index contributed by atoms with van der Waals surface area (Å²) in [6, 6.07) is 9.96. The number of rotatable bonds is 5. The van der Waals surface area contributed by atoms with Crippen molar-refractivity contribution in [3.8, 4) is 11.5 Å². The van der Waals surface area contributed by atoms with Gasteiger partial charge in [0.1, 0.15) is 12.4 Å². The first-order chi connectivity index (χ1) is 9.65. The van der Waals surface area contributed by atoms with Gasteiger partial charge in [0.2, 0.25) is 0 Å². The SMILES string of the molecule is COc1ccc(COc2c(C)cccc2C=O)cc1F. The number of hydrogen-bond acceptors (Lipinski definition) is 3. The Hall–Kier alpha value is -2.36. The van der Waals surface area contributed by atoms with E-state index in [0.29, 0.717) is 16.9 Å². The van der Waals surface area contributed by atoms with Crippen LogP contribution in [0.3, 0.4) is 0 Å². The molecule has 2 aromatic rings. The highest BCUT2D eigenvalue weighted by Crippen LogP contribution is 2.24. The minimum absolute atomic E-state index is 0.187. The third-order valence-corrected chi connectivity index (χ3v) is 2.97. The Bertz CT molecular complexity index is 623. The second-order valence-corrected chi connectivity index (χ2v) is 4.37. The highest BCUT2D eigenvalue weighted by atomic mass is 19.1. The summed E-state index contributed by atoms with van der Waals surface area (Å²) in [7, 11) is 1.41. The van der Waals surface area contributed by atoms with Gasteiger partial charge in [-0.1, -0.05) is 18.2 Å². The summed E-state index contributed by atoms with van der Waals surface area (Å²) < 4.78 is 24.1. The molecule has 0 heterocycles. The van der Waals surface area contributed by atoms with Crippen molar-refractivity contribution in [2.45, 2.75) is 13.5 Å². The Balaban J connectivity index is 2.17. The van der Waals surface area contributed by atoms with Crippen LogP contribution in [0.5, 0.6) is 11.5 Å². The number of aldehydes is 1. The second-order valence-electron chi connectivity index (χ2n) is 4.37. The van der Waals surface area contributed by atoms with Gasteiger partial charge in [0.05, 0.1) is 12.7 Å². The molecule has 2 rings (SSSR count). The first kappa shape index (κ1) is 14.1. The summed E-state index contributed by atoms with van der Waals surface area (Å²) >= 11 is 0. The van der Waals surface area contributed by atoms with E-state index >= 15 is 0 Å². The lowest BCUT2D eigenvalue weighted by molar-refractivity contribution is 0.111. The van der Waals surface area contributed by atoms with Crippen LogP contribution in [0.1, 0.15) is 21.5 Å². The van der Waals surface area contributed by atoms with Crippen LogP contribution in [-0.2, 0) is 6.61 Å². The predicted octanol–water partition coefficient (Wildman–Crippen LogP) is 3.53. The number of aryl methyl sites for hydroxylation is 1. The summed E-state index contributed by atoms with van der Waals surface area (Å²) in [6.45, 7) is 2.05. The fourth-order valence-electron chi connectivity index (χ4n) is 1.92. The quantitative estimate of drug-likeness (QED) is 0.782. The molecule has 2 aromatic carbocycles. The molecule has 0 aliphatic carbocycles. The van der Waals surface area contributed by atoms with Crippen LogP contribution >= 0.6 is 0 Å². The Morgan fingerprint density at radius 2 is 2.05 bits per heavy atom. The molecular weight excluding hydrogens is 259 g/mol. The van der Waals surface area contributed by atoms with Gasteiger partial charge in [-0.15, -0.1) is 0 Å². The number of benzene rings is 2. The van der Waals surface area contributed by atoms with Crippen molar-refractivity contribution in [2.75, 3.05) is 7.11 Å². The molecule has 0 aromatic heterocycles. The van der Waals surface area contributed by atoms with Gasteiger partial charge >= 0.3 is 0 Å². The minimum atomic E-state index is -0.436. The fourth-order valence-corrected chi connectivity index (χ4v) is 1.92. The van der Waals surface area contributed by atoms with Gasteiger partial charge < -0.3 is 9.47 Å². The molecule has 0 unspecified atom stereocenters.